The van der Waals surface area contributed by atoms with Gasteiger partial charge in [0, 0.05) is 13.1 Å². The number of hydrogen-bond donors (Lipinski definition) is 2. The van der Waals surface area contributed by atoms with E-state index in [9.17, 15) is 9.36 Å². The van der Waals surface area contributed by atoms with E-state index in [0.717, 1.165) is 45.1 Å². The molecule has 0 aliphatic heterocycles. The van der Waals surface area contributed by atoms with Gasteiger partial charge in [0.25, 0.3) is 0 Å². The van der Waals surface area contributed by atoms with Gasteiger partial charge >= 0.3 is 7.82 Å². The fraction of sp³-hybridized carbons (Fsp3) is 0.786. The lowest BCUT2D eigenvalue weighted by Crippen LogP contribution is -2.29. The van der Waals surface area contributed by atoms with Crippen molar-refractivity contribution in [3.8, 4) is 0 Å². The molecule has 2 N–H and O–H groups in total. The highest BCUT2D eigenvalue weighted by atomic mass is 31.2. The van der Waals surface area contributed by atoms with Gasteiger partial charge in [0.1, 0.15) is 0 Å². The minimum atomic E-state index is -4.30. The molecule has 0 spiro atoms. The Kier molecular flexibility index (Phi) is 11.5. The lowest BCUT2D eigenvalue weighted by atomic mass is 10.1. The normalized spacial score (nSPS) is 11.4. The van der Waals surface area contributed by atoms with Crippen LogP contribution in [0.2, 0.25) is 0 Å². The third-order valence-electron chi connectivity index (χ3n) is 3.20. The number of hydrogen-bond acceptors (Lipinski definition) is 3. The fourth-order valence-corrected chi connectivity index (χ4v) is 2.39. The van der Waals surface area contributed by atoms with Crippen LogP contribution >= 0.6 is 7.82 Å². The van der Waals surface area contributed by atoms with E-state index in [-0.39, 0.29) is 12.5 Å². The number of likely N-dealkylation sites (N-methyl/N-ethyl adjacent to an activating group) is 1. The molecule has 0 fully saturated rings. The Balaban J connectivity index is 3.38. The number of unbranched alkanes of at least 4 members (excludes halogenated alkanes) is 6. The quantitative estimate of drug-likeness (QED) is 0.309. The first-order chi connectivity index (χ1) is 9.90. The maximum absolute atomic E-state index is 11.4. The first-order valence-electron chi connectivity index (χ1n) is 7.52. The molecule has 0 rings (SSSR count). The van der Waals surface area contributed by atoms with E-state index in [1.54, 1.807) is 4.90 Å². The van der Waals surface area contributed by atoms with Gasteiger partial charge in [0.05, 0.1) is 6.61 Å². The van der Waals surface area contributed by atoms with E-state index < -0.39 is 7.82 Å². The summed E-state index contributed by atoms with van der Waals surface area (Å²) < 4.78 is 14.8. The predicted octanol–water partition coefficient (Wildman–Crippen LogP) is 2.86. The summed E-state index contributed by atoms with van der Waals surface area (Å²) in [6.45, 7) is 7.05. The number of carbonyl (C=O) groups is 1. The summed E-state index contributed by atoms with van der Waals surface area (Å²) in [6, 6.07) is 0. The first-order valence-corrected chi connectivity index (χ1v) is 9.05. The van der Waals surface area contributed by atoms with Crippen LogP contribution in [-0.4, -0.2) is 40.3 Å². The molecule has 0 saturated carbocycles. The van der Waals surface area contributed by atoms with Crippen LogP contribution in [0.1, 0.15) is 51.9 Å². The van der Waals surface area contributed by atoms with Crippen LogP contribution in [0.25, 0.3) is 0 Å². The zero-order valence-corrected chi connectivity index (χ0v) is 13.8. The Hall–Kier alpha value is -0.680. The molecule has 21 heavy (non-hydrogen) atoms. The van der Waals surface area contributed by atoms with E-state index in [2.05, 4.69) is 11.1 Å². The van der Waals surface area contributed by atoms with Crippen LogP contribution < -0.4 is 0 Å². The van der Waals surface area contributed by atoms with Crippen molar-refractivity contribution in [2.24, 2.45) is 0 Å². The Morgan fingerprint density at radius 2 is 1.67 bits per heavy atom. The SMILES string of the molecule is C=CC(=O)N(CC)CCCCCCCCCOP(=O)(O)O. The molecule has 0 aromatic rings. The van der Waals surface area contributed by atoms with Gasteiger partial charge < -0.3 is 14.7 Å². The van der Waals surface area contributed by atoms with E-state index in [0.29, 0.717) is 13.0 Å². The zero-order chi connectivity index (χ0) is 16.1. The molecular formula is C14H28NO5P. The maximum atomic E-state index is 11.4. The maximum Gasteiger partial charge on any atom is 0.469 e. The zero-order valence-electron chi connectivity index (χ0n) is 12.9. The van der Waals surface area contributed by atoms with Crippen LogP contribution in [0.4, 0.5) is 0 Å². The van der Waals surface area contributed by atoms with E-state index in [1.807, 2.05) is 6.92 Å². The average Bonchev–Trinajstić information content (AvgIpc) is 2.43. The number of rotatable bonds is 13. The van der Waals surface area contributed by atoms with Crippen LogP contribution in [0.5, 0.6) is 0 Å². The van der Waals surface area contributed by atoms with Crippen molar-refractivity contribution < 1.29 is 23.7 Å². The second kappa shape index (κ2) is 11.9. The van der Waals surface area contributed by atoms with Crippen molar-refractivity contribution in [1.29, 1.82) is 0 Å². The predicted molar refractivity (Wildman–Crippen MR) is 82.8 cm³/mol. The highest BCUT2D eigenvalue weighted by Crippen LogP contribution is 2.35. The number of amides is 1. The summed E-state index contributed by atoms with van der Waals surface area (Å²) in [5, 5.41) is 0. The molecule has 0 bridgehead atoms. The van der Waals surface area contributed by atoms with E-state index in [4.69, 9.17) is 9.79 Å². The summed E-state index contributed by atoms with van der Waals surface area (Å²) in [6.07, 6.45) is 8.25. The van der Waals surface area contributed by atoms with Gasteiger partial charge in [-0.15, -0.1) is 0 Å². The summed E-state index contributed by atoms with van der Waals surface area (Å²) in [4.78, 5) is 30.2. The van der Waals surface area contributed by atoms with E-state index >= 15 is 0 Å². The fourth-order valence-electron chi connectivity index (χ4n) is 2.03. The van der Waals surface area contributed by atoms with Crippen molar-refractivity contribution in [2.75, 3.05) is 19.7 Å². The molecule has 0 radical (unpaired) electrons. The van der Waals surface area contributed by atoms with Gasteiger partial charge in [-0.05, 0) is 25.8 Å². The molecule has 0 aromatic heterocycles. The van der Waals surface area contributed by atoms with Crippen molar-refractivity contribution in [1.82, 2.24) is 4.90 Å². The molecule has 1 amide bonds. The molecule has 0 atom stereocenters. The Bertz CT molecular complexity index is 342. The van der Waals surface area contributed by atoms with Gasteiger partial charge in [0.2, 0.25) is 5.91 Å². The smallest absolute Gasteiger partial charge is 0.339 e. The Morgan fingerprint density at radius 1 is 1.14 bits per heavy atom. The molecule has 0 heterocycles. The monoisotopic (exact) mass is 321 g/mol. The summed E-state index contributed by atoms with van der Waals surface area (Å²) in [7, 11) is -4.30. The van der Waals surface area contributed by atoms with Gasteiger partial charge in [-0.25, -0.2) is 4.57 Å². The molecule has 0 saturated heterocycles. The molecule has 6 nitrogen and oxygen atoms in total. The van der Waals surface area contributed by atoms with Crippen molar-refractivity contribution in [3.05, 3.63) is 12.7 Å². The average molecular weight is 321 g/mol. The number of phosphoric acid groups is 1. The Labute approximate surface area is 127 Å². The highest BCUT2D eigenvalue weighted by molar-refractivity contribution is 7.46. The largest absolute Gasteiger partial charge is 0.469 e. The summed E-state index contributed by atoms with van der Waals surface area (Å²) in [5.74, 6) is -0.0115. The second-order valence-corrected chi connectivity index (χ2v) is 6.16. The van der Waals surface area contributed by atoms with Gasteiger partial charge in [-0.1, -0.05) is 38.7 Å². The minimum absolute atomic E-state index is 0.0115. The molecule has 0 unspecified atom stereocenters. The number of carbonyl (C=O) groups excluding carboxylic acids is 1. The second-order valence-electron chi connectivity index (χ2n) is 4.92. The van der Waals surface area contributed by atoms with Crippen LogP contribution in [0.3, 0.4) is 0 Å². The highest BCUT2D eigenvalue weighted by Gasteiger charge is 2.12. The van der Waals surface area contributed by atoms with Crippen LogP contribution in [0, 0.1) is 0 Å². The molecule has 0 aliphatic carbocycles. The molecule has 7 heteroatoms. The topological polar surface area (TPSA) is 87.1 Å². The summed E-state index contributed by atoms with van der Waals surface area (Å²) >= 11 is 0. The minimum Gasteiger partial charge on any atom is -0.339 e. The van der Waals surface area contributed by atoms with Crippen molar-refractivity contribution in [3.63, 3.8) is 0 Å². The summed E-state index contributed by atoms with van der Waals surface area (Å²) in [5.41, 5.74) is 0. The van der Waals surface area contributed by atoms with Gasteiger partial charge in [0.15, 0.2) is 0 Å². The molecule has 0 aliphatic rings. The number of nitrogens with zero attached hydrogens (tertiary/aromatic N) is 1. The van der Waals surface area contributed by atoms with Crippen molar-refractivity contribution in [2.45, 2.75) is 51.9 Å². The van der Waals surface area contributed by atoms with E-state index in [1.165, 1.54) is 6.08 Å². The van der Waals surface area contributed by atoms with Gasteiger partial charge in [-0.2, -0.15) is 0 Å². The van der Waals surface area contributed by atoms with Crippen molar-refractivity contribution >= 4 is 13.7 Å². The van der Waals surface area contributed by atoms with Crippen LogP contribution in [-0.2, 0) is 13.9 Å². The number of phosphoric ester groups is 1. The third-order valence-corrected chi connectivity index (χ3v) is 3.72. The third kappa shape index (κ3) is 12.8. The first kappa shape index (κ1) is 20.3. The lowest BCUT2D eigenvalue weighted by molar-refractivity contribution is -0.125. The lowest BCUT2D eigenvalue weighted by Gasteiger charge is -2.18. The van der Waals surface area contributed by atoms with Crippen LogP contribution in [0.15, 0.2) is 12.7 Å². The standard InChI is InChI=1S/C14H28NO5P/c1-3-14(16)15(4-2)12-10-8-6-5-7-9-11-13-20-21(17,18)19/h3H,1,4-13H2,2H3,(H2,17,18,19). The van der Waals surface area contributed by atoms with Gasteiger partial charge in [-0.3, -0.25) is 9.32 Å². The molecule has 124 valence electrons. The Morgan fingerprint density at radius 3 is 2.14 bits per heavy atom. The molecular weight excluding hydrogens is 293 g/mol. The molecule has 0 aromatic carbocycles.